The van der Waals surface area contributed by atoms with E-state index in [4.69, 9.17) is 0 Å². The molecule has 1 fully saturated rings. The van der Waals surface area contributed by atoms with Crippen LogP contribution in [0.5, 0.6) is 0 Å². The number of hydrogen-bond donors (Lipinski definition) is 0. The summed E-state index contributed by atoms with van der Waals surface area (Å²) in [6.45, 7) is 3.39. The van der Waals surface area contributed by atoms with E-state index in [1.165, 1.54) is 4.90 Å². The molecule has 4 nitrogen and oxygen atoms in total. The normalized spacial score (nSPS) is 14.8. The lowest BCUT2D eigenvalue weighted by Gasteiger charge is -2.33. The number of hydrogen-bond acceptors (Lipinski definition) is 2. The van der Waals surface area contributed by atoms with Gasteiger partial charge in [0.1, 0.15) is 6.54 Å². The van der Waals surface area contributed by atoms with Crippen LogP contribution in [0.3, 0.4) is 0 Å². The lowest BCUT2D eigenvalue weighted by molar-refractivity contribution is -0.143. The number of carbonyl (C=O) groups is 2. The van der Waals surface area contributed by atoms with Crippen LogP contribution in [0.2, 0.25) is 0 Å². The Balaban J connectivity index is 1.96. The van der Waals surface area contributed by atoms with Gasteiger partial charge in [-0.3, -0.25) is 9.59 Å². The Hall–Kier alpha value is -1.80. The highest BCUT2D eigenvalue weighted by molar-refractivity contribution is 9.10. The van der Waals surface area contributed by atoms with Crippen LogP contribution in [0.25, 0.3) is 0 Å². The van der Waals surface area contributed by atoms with Crippen molar-refractivity contribution in [2.24, 2.45) is 0 Å². The van der Waals surface area contributed by atoms with Gasteiger partial charge in [-0.2, -0.15) is 0 Å². The van der Waals surface area contributed by atoms with Crippen LogP contribution in [0.4, 0.5) is 0 Å². The van der Waals surface area contributed by atoms with Crippen molar-refractivity contribution in [3.8, 4) is 11.8 Å². The van der Waals surface area contributed by atoms with Gasteiger partial charge < -0.3 is 9.80 Å². The molecular weight excluding hydrogens is 320 g/mol. The Morgan fingerprint density at radius 3 is 2.60 bits per heavy atom. The molecule has 20 heavy (non-hydrogen) atoms. The van der Waals surface area contributed by atoms with E-state index >= 15 is 0 Å². The Morgan fingerprint density at radius 2 is 2.00 bits per heavy atom. The van der Waals surface area contributed by atoms with E-state index in [0.717, 1.165) is 10.0 Å². The SMILES string of the molecule is CC#CC(=O)N1CCN(Cc2ccc(Br)cc2)C(=O)C1. The largest absolute Gasteiger partial charge is 0.335 e. The van der Waals surface area contributed by atoms with Crippen LogP contribution in [-0.2, 0) is 16.1 Å². The Labute approximate surface area is 126 Å². The van der Waals surface area contributed by atoms with Gasteiger partial charge in [0.2, 0.25) is 5.91 Å². The van der Waals surface area contributed by atoms with Crippen molar-refractivity contribution in [1.29, 1.82) is 0 Å². The monoisotopic (exact) mass is 334 g/mol. The van der Waals surface area contributed by atoms with Gasteiger partial charge in [-0.25, -0.2) is 0 Å². The summed E-state index contributed by atoms with van der Waals surface area (Å²) in [5.74, 6) is 4.72. The number of rotatable bonds is 2. The maximum atomic E-state index is 12.1. The van der Waals surface area contributed by atoms with Crippen LogP contribution >= 0.6 is 15.9 Å². The number of amides is 2. The molecule has 0 N–H and O–H groups in total. The average molecular weight is 335 g/mol. The highest BCUT2D eigenvalue weighted by Crippen LogP contribution is 2.14. The Kier molecular flexibility index (Phi) is 4.80. The van der Waals surface area contributed by atoms with E-state index in [1.807, 2.05) is 24.3 Å². The fourth-order valence-electron chi connectivity index (χ4n) is 2.05. The second-order valence-corrected chi connectivity index (χ2v) is 5.46. The lowest BCUT2D eigenvalue weighted by Crippen LogP contribution is -2.51. The molecule has 0 aromatic heterocycles. The summed E-state index contributed by atoms with van der Waals surface area (Å²) in [5.41, 5.74) is 1.08. The molecule has 1 heterocycles. The van der Waals surface area contributed by atoms with Gasteiger partial charge in [0, 0.05) is 24.1 Å². The zero-order valence-corrected chi connectivity index (χ0v) is 12.8. The summed E-state index contributed by atoms with van der Waals surface area (Å²) in [6, 6.07) is 7.88. The third-order valence-corrected chi connectivity index (χ3v) is 3.65. The first kappa shape index (κ1) is 14.6. The Bertz CT molecular complexity index is 572. The van der Waals surface area contributed by atoms with Gasteiger partial charge in [-0.1, -0.05) is 34.0 Å². The van der Waals surface area contributed by atoms with Crippen molar-refractivity contribution < 1.29 is 9.59 Å². The average Bonchev–Trinajstić information content (AvgIpc) is 2.43. The third kappa shape index (κ3) is 3.61. The number of nitrogens with zero attached hydrogens (tertiary/aromatic N) is 2. The minimum Gasteiger partial charge on any atom is -0.335 e. The lowest BCUT2D eigenvalue weighted by atomic mass is 10.2. The predicted molar refractivity (Wildman–Crippen MR) is 79.6 cm³/mol. The second-order valence-electron chi connectivity index (χ2n) is 4.54. The molecule has 2 amide bonds. The van der Waals surface area contributed by atoms with E-state index in [1.54, 1.807) is 11.8 Å². The molecule has 0 saturated carbocycles. The molecule has 0 atom stereocenters. The molecule has 0 radical (unpaired) electrons. The van der Waals surface area contributed by atoms with Crippen LogP contribution in [0.1, 0.15) is 12.5 Å². The topological polar surface area (TPSA) is 40.6 Å². The summed E-state index contributed by atoms with van der Waals surface area (Å²) in [6.07, 6.45) is 0. The van der Waals surface area contributed by atoms with E-state index < -0.39 is 0 Å². The summed E-state index contributed by atoms with van der Waals surface area (Å²) < 4.78 is 1.01. The van der Waals surface area contributed by atoms with Crippen LogP contribution in [-0.4, -0.2) is 41.2 Å². The smallest absolute Gasteiger partial charge is 0.298 e. The number of carbonyl (C=O) groups excluding carboxylic acids is 2. The molecule has 5 heteroatoms. The van der Waals surface area contributed by atoms with Crippen molar-refractivity contribution >= 4 is 27.7 Å². The highest BCUT2D eigenvalue weighted by Gasteiger charge is 2.26. The van der Waals surface area contributed by atoms with Gasteiger partial charge >= 0.3 is 0 Å². The molecule has 1 aliphatic rings. The quantitative estimate of drug-likeness (QED) is 0.771. The zero-order chi connectivity index (χ0) is 14.5. The van der Waals surface area contributed by atoms with Crippen molar-refractivity contribution in [2.75, 3.05) is 19.6 Å². The fraction of sp³-hybridized carbons (Fsp3) is 0.333. The minimum atomic E-state index is -0.274. The first-order valence-corrected chi connectivity index (χ1v) is 7.13. The molecule has 104 valence electrons. The van der Waals surface area contributed by atoms with Crippen molar-refractivity contribution in [3.05, 3.63) is 34.3 Å². The summed E-state index contributed by atoms with van der Waals surface area (Å²) in [5, 5.41) is 0. The molecular formula is C15H15BrN2O2. The van der Waals surface area contributed by atoms with Crippen LogP contribution in [0.15, 0.2) is 28.7 Å². The summed E-state index contributed by atoms with van der Waals surface area (Å²) >= 11 is 3.38. The minimum absolute atomic E-state index is 0.0366. The molecule has 2 rings (SSSR count). The van der Waals surface area contributed by atoms with Crippen molar-refractivity contribution in [3.63, 3.8) is 0 Å². The van der Waals surface area contributed by atoms with Crippen molar-refractivity contribution in [2.45, 2.75) is 13.5 Å². The first-order valence-electron chi connectivity index (χ1n) is 6.34. The molecule has 1 saturated heterocycles. The van der Waals surface area contributed by atoms with Gasteiger partial charge in [-0.15, -0.1) is 0 Å². The number of benzene rings is 1. The highest BCUT2D eigenvalue weighted by atomic mass is 79.9. The molecule has 1 aromatic carbocycles. The molecule has 0 bridgehead atoms. The predicted octanol–water partition coefficient (Wildman–Crippen LogP) is 1.64. The third-order valence-electron chi connectivity index (χ3n) is 3.12. The number of piperazine rings is 1. The fourth-order valence-corrected chi connectivity index (χ4v) is 2.31. The first-order chi connectivity index (χ1) is 9.60. The molecule has 0 unspecified atom stereocenters. The molecule has 1 aliphatic heterocycles. The maximum absolute atomic E-state index is 12.1. The maximum Gasteiger partial charge on any atom is 0.298 e. The zero-order valence-electron chi connectivity index (χ0n) is 11.2. The van der Waals surface area contributed by atoms with E-state index in [0.29, 0.717) is 19.6 Å². The molecule has 1 aromatic rings. The van der Waals surface area contributed by atoms with E-state index in [2.05, 4.69) is 27.8 Å². The van der Waals surface area contributed by atoms with Gasteiger partial charge in [0.15, 0.2) is 0 Å². The van der Waals surface area contributed by atoms with Crippen LogP contribution < -0.4 is 0 Å². The number of halogens is 1. The van der Waals surface area contributed by atoms with Crippen LogP contribution in [0, 0.1) is 11.8 Å². The second kappa shape index (κ2) is 6.58. The summed E-state index contributed by atoms with van der Waals surface area (Å²) in [7, 11) is 0. The molecule has 0 spiro atoms. The van der Waals surface area contributed by atoms with E-state index in [9.17, 15) is 9.59 Å². The molecule has 0 aliphatic carbocycles. The van der Waals surface area contributed by atoms with Gasteiger partial charge in [0.05, 0.1) is 0 Å². The standard InChI is InChI=1S/C15H15BrN2O2/c1-2-3-14(19)18-9-8-17(15(20)11-18)10-12-4-6-13(16)7-5-12/h4-7H,8-11H2,1H3. The van der Waals surface area contributed by atoms with Gasteiger partial charge in [-0.05, 0) is 30.5 Å². The van der Waals surface area contributed by atoms with Gasteiger partial charge in [0.25, 0.3) is 5.91 Å². The van der Waals surface area contributed by atoms with Crippen molar-refractivity contribution in [1.82, 2.24) is 9.80 Å². The van der Waals surface area contributed by atoms with E-state index in [-0.39, 0.29) is 18.4 Å². The Morgan fingerprint density at radius 1 is 1.30 bits per heavy atom. The summed E-state index contributed by atoms with van der Waals surface area (Å²) in [4.78, 5) is 26.9.